The molecule has 180 valence electrons. The van der Waals surface area contributed by atoms with Gasteiger partial charge in [-0.05, 0) is 55.0 Å². The van der Waals surface area contributed by atoms with Crippen LogP contribution in [0.15, 0.2) is 48.8 Å². The summed E-state index contributed by atoms with van der Waals surface area (Å²) in [6, 6.07) is 11.6. The van der Waals surface area contributed by atoms with E-state index >= 15 is 0 Å². The highest BCUT2D eigenvalue weighted by molar-refractivity contribution is 7.90. The fourth-order valence-corrected chi connectivity index (χ4v) is 4.66. The quantitative estimate of drug-likeness (QED) is 0.448. The molecule has 10 heteroatoms. The zero-order valence-electron chi connectivity index (χ0n) is 19.0. The average Bonchev–Trinajstić information content (AvgIpc) is 2.79. The van der Waals surface area contributed by atoms with Crippen molar-refractivity contribution < 1.29 is 18.1 Å². The van der Waals surface area contributed by atoms with Crippen LogP contribution in [0.1, 0.15) is 24.8 Å². The molecule has 0 amide bonds. The van der Waals surface area contributed by atoms with Gasteiger partial charge in [0.2, 0.25) is 5.95 Å². The fourth-order valence-electron chi connectivity index (χ4n) is 3.84. The lowest BCUT2D eigenvalue weighted by molar-refractivity contribution is 0.0593. The Morgan fingerprint density at radius 2 is 2.03 bits per heavy atom. The van der Waals surface area contributed by atoms with Crippen LogP contribution in [0, 0.1) is 16.5 Å². The summed E-state index contributed by atoms with van der Waals surface area (Å²) in [5.74, 6) is 1.37. The number of nitrogens with zero attached hydrogens (tertiary/aromatic N) is 3. The standard InChI is InChI=1S/C24H28FN5O3S/c1-34(26,31)15-18-3-2-4-20(13-18)29-24-28-16-27-23(30-24)21-6-5-19(25)14-22(21)33-12-9-17-7-10-32-11-8-17/h2-6,13-14,16-17,26H,7-12,15H2,1H3,(H,27,28,29,30). The second kappa shape index (κ2) is 10.9. The molecule has 1 unspecified atom stereocenters. The van der Waals surface area contributed by atoms with Crippen molar-refractivity contribution in [1.29, 1.82) is 4.78 Å². The van der Waals surface area contributed by atoms with Gasteiger partial charge in [-0.15, -0.1) is 0 Å². The maximum atomic E-state index is 14.0. The second-order valence-corrected chi connectivity index (χ2v) is 10.7. The van der Waals surface area contributed by atoms with E-state index in [2.05, 4.69) is 20.3 Å². The van der Waals surface area contributed by atoms with Gasteiger partial charge in [-0.3, -0.25) is 4.78 Å². The van der Waals surface area contributed by atoms with Crippen LogP contribution in [0.2, 0.25) is 0 Å². The monoisotopic (exact) mass is 485 g/mol. The normalized spacial score (nSPS) is 16.1. The van der Waals surface area contributed by atoms with Crippen molar-refractivity contribution >= 4 is 21.4 Å². The number of aromatic nitrogens is 3. The molecular weight excluding hydrogens is 457 g/mol. The minimum Gasteiger partial charge on any atom is -0.493 e. The predicted octanol–water partition coefficient (Wildman–Crippen LogP) is 4.79. The fraction of sp³-hybridized carbons (Fsp3) is 0.375. The maximum Gasteiger partial charge on any atom is 0.230 e. The Morgan fingerprint density at radius 1 is 1.21 bits per heavy atom. The Kier molecular flexibility index (Phi) is 7.69. The molecule has 1 atom stereocenters. The molecule has 2 N–H and O–H groups in total. The Labute approximate surface area is 198 Å². The topological polar surface area (TPSA) is 110 Å². The molecule has 1 aliphatic rings. The van der Waals surface area contributed by atoms with Gasteiger partial charge in [0.05, 0.1) is 17.9 Å². The van der Waals surface area contributed by atoms with E-state index < -0.39 is 15.5 Å². The summed E-state index contributed by atoms with van der Waals surface area (Å²) in [4.78, 5) is 12.9. The SMILES string of the molecule is CS(=N)(=O)Cc1cccc(Nc2ncnc(-c3ccc(F)cc3OCCC3CCOCC3)n2)c1. The molecule has 0 aliphatic carbocycles. The largest absolute Gasteiger partial charge is 0.493 e. The van der Waals surface area contributed by atoms with Gasteiger partial charge in [0.1, 0.15) is 17.9 Å². The molecular formula is C24H28FN5O3S. The van der Waals surface area contributed by atoms with E-state index in [1.807, 2.05) is 24.3 Å². The number of nitrogens with one attached hydrogen (secondary N) is 2. The van der Waals surface area contributed by atoms with Crippen LogP contribution >= 0.6 is 0 Å². The van der Waals surface area contributed by atoms with E-state index in [0.717, 1.165) is 38.0 Å². The lowest BCUT2D eigenvalue weighted by atomic mass is 9.97. The number of anilines is 2. The molecule has 1 aromatic heterocycles. The predicted molar refractivity (Wildman–Crippen MR) is 129 cm³/mol. The van der Waals surface area contributed by atoms with Crippen molar-refractivity contribution in [3.05, 3.63) is 60.2 Å². The van der Waals surface area contributed by atoms with Crippen molar-refractivity contribution in [2.45, 2.75) is 25.0 Å². The van der Waals surface area contributed by atoms with Crippen molar-refractivity contribution in [3.63, 3.8) is 0 Å². The summed E-state index contributed by atoms with van der Waals surface area (Å²) in [5.41, 5.74) is 2.05. The van der Waals surface area contributed by atoms with Gasteiger partial charge in [0.25, 0.3) is 0 Å². The van der Waals surface area contributed by atoms with Crippen molar-refractivity contribution in [2.75, 3.05) is 31.4 Å². The molecule has 2 heterocycles. The lowest BCUT2D eigenvalue weighted by Gasteiger charge is -2.22. The smallest absolute Gasteiger partial charge is 0.230 e. The molecule has 0 bridgehead atoms. The summed E-state index contributed by atoms with van der Waals surface area (Å²) >= 11 is 0. The number of ether oxygens (including phenoxy) is 2. The minimum absolute atomic E-state index is 0.162. The number of hydrogen-bond acceptors (Lipinski definition) is 8. The van der Waals surface area contributed by atoms with Gasteiger partial charge >= 0.3 is 0 Å². The van der Waals surface area contributed by atoms with E-state index in [9.17, 15) is 8.60 Å². The molecule has 0 spiro atoms. The summed E-state index contributed by atoms with van der Waals surface area (Å²) in [6.45, 7) is 2.03. The molecule has 1 fully saturated rings. The van der Waals surface area contributed by atoms with Crippen LogP contribution < -0.4 is 10.1 Å². The Morgan fingerprint density at radius 3 is 2.82 bits per heavy atom. The lowest BCUT2D eigenvalue weighted by Crippen LogP contribution is -2.18. The molecule has 8 nitrogen and oxygen atoms in total. The molecule has 3 aromatic rings. The number of hydrogen-bond donors (Lipinski definition) is 2. The average molecular weight is 486 g/mol. The van der Waals surface area contributed by atoms with Gasteiger partial charge < -0.3 is 14.8 Å². The van der Waals surface area contributed by atoms with Gasteiger partial charge in [-0.25, -0.2) is 18.6 Å². The molecule has 2 aromatic carbocycles. The van der Waals surface area contributed by atoms with Gasteiger partial charge in [-0.1, -0.05) is 12.1 Å². The summed E-state index contributed by atoms with van der Waals surface area (Å²) < 4.78 is 44.8. The van der Waals surface area contributed by atoms with E-state index in [-0.39, 0.29) is 5.75 Å². The highest BCUT2D eigenvalue weighted by Crippen LogP contribution is 2.30. The van der Waals surface area contributed by atoms with Gasteiger partial charge in [0, 0.05) is 41.0 Å². The van der Waals surface area contributed by atoms with Crippen molar-refractivity contribution in [3.8, 4) is 17.1 Å². The Bertz CT molecular complexity index is 1230. The highest BCUT2D eigenvalue weighted by atomic mass is 32.2. The first kappa shape index (κ1) is 24.0. The zero-order chi connectivity index (χ0) is 24.0. The van der Waals surface area contributed by atoms with Crippen LogP contribution in [0.3, 0.4) is 0 Å². The van der Waals surface area contributed by atoms with Crippen LogP contribution in [0.5, 0.6) is 5.75 Å². The van der Waals surface area contributed by atoms with Crippen LogP contribution in [-0.2, 0) is 20.2 Å². The van der Waals surface area contributed by atoms with E-state index in [0.29, 0.717) is 41.3 Å². The Hall–Kier alpha value is -3.11. The Balaban J connectivity index is 1.49. The number of benzene rings is 2. The zero-order valence-corrected chi connectivity index (χ0v) is 19.8. The summed E-state index contributed by atoms with van der Waals surface area (Å²) in [5, 5.41) is 3.11. The third-order valence-corrected chi connectivity index (χ3v) is 6.39. The third-order valence-electron chi connectivity index (χ3n) is 5.51. The van der Waals surface area contributed by atoms with Gasteiger partial charge in [-0.2, -0.15) is 4.98 Å². The second-order valence-electron chi connectivity index (χ2n) is 8.44. The molecule has 4 rings (SSSR count). The van der Waals surface area contributed by atoms with Crippen molar-refractivity contribution in [1.82, 2.24) is 15.0 Å². The van der Waals surface area contributed by atoms with E-state index in [4.69, 9.17) is 14.3 Å². The van der Waals surface area contributed by atoms with Crippen LogP contribution in [0.4, 0.5) is 16.0 Å². The highest BCUT2D eigenvalue weighted by Gasteiger charge is 2.16. The summed E-state index contributed by atoms with van der Waals surface area (Å²) in [7, 11) is -2.65. The number of halogens is 1. The maximum absolute atomic E-state index is 14.0. The molecule has 0 radical (unpaired) electrons. The molecule has 1 aliphatic heterocycles. The van der Waals surface area contributed by atoms with Gasteiger partial charge in [0.15, 0.2) is 5.82 Å². The molecule has 0 saturated carbocycles. The third kappa shape index (κ3) is 6.94. The first-order valence-electron chi connectivity index (χ1n) is 11.1. The minimum atomic E-state index is -2.65. The van der Waals surface area contributed by atoms with Crippen LogP contribution in [0.25, 0.3) is 11.4 Å². The number of rotatable bonds is 9. The molecule has 34 heavy (non-hydrogen) atoms. The summed E-state index contributed by atoms with van der Waals surface area (Å²) in [6.07, 6.45) is 5.70. The van der Waals surface area contributed by atoms with E-state index in [1.54, 1.807) is 6.07 Å². The first-order chi connectivity index (χ1) is 16.4. The van der Waals surface area contributed by atoms with Crippen molar-refractivity contribution in [2.24, 2.45) is 5.92 Å². The van der Waals surface area contributed by atoms with Crippen LogP contribution in [-0.4, -0.2) is 45.2 Å². The van der Waals surface area contributed by atoms with E-state index in [1.165, 1.54) is 24.7 Å². The molecule has 1 saturated heterocycles. The first-order valence-corrected chi connectivity index (χ1v) is 13.3.